The van der Waals surface area contributed by atoms with Crippen molar-refractivity contribution in [2.45, 2.75) is 26.7 Å². The average Bonchev–Trinajstić information content (AvgIpc) is 2.83. The Kier molecular flexibility index (Phi) is 10.2. The summed E-state index contributed by atoms with van der Waals surface area (Å²) >= 11 is 0. The second-order valence-electron chi connectivity index (χ2n) is 7.08. The molecule has 2 N–H and O–H groups in total. The molecule has 2 aromatic rings. The number of esters is 1. The van der Waals surface area contributed by atoms with Gasteiger partial charge in [-0.25, -0.2) is 0 Å². The van der Waals surface area contributed by atoms with Gasteiger partial charge in [0.1, 0.15) is 18.0 Å². The quantitative estimate of drug-likeness (QED) is 0.160. The number of amides is 2. The lowest BCUT2D eigenvalue weighted by Gasteiger charge is -2.12. The molecule has 34 heavy (non-hydrogen) atoms. The zero-order chi connectivity index (χ0) is 24.9. The fourth-order valence-corrected chi connectivity index (χ4v) is 2.74. The minimum atomic E-state index is -0.757. The Morgan fingerprint density at radius 3 is 2.47 bits per heavy atom. The van der Waals surface area contributed by atoms with Gasteiger partial charge in [-0.05, 0) is 49.2 Å². The van der Waals surface area contributed by atoms with Crippen molar-refractivity contribution in [1.82, 2.24) is 10.6 Å². The van der Waals surface area contributed by atoms with Gasteiger partial charge in [0.15, 0.2) is 0 Å². The smallest absolute Gasteiger partial charge is 0.325 e. The predicted octanol–water partition coefficient (Wildman–Crippen LogP) is 3.22. The SMILES string of the molecule is CCCCOc1ccc(C(=O)NC(=Cc2cccc([N+](=O)[O-])c2)C(=O)NCC(=O)OCC)cc1. The third kappa shape index (κ3) is 8.38. The summed E-state index contributed by atoms with van der Waals surface area (Å²) in [7, 11) is 0. The lowest BCUT2D eigenvalue weighted by atomic mass is 10.1. The van der Waals surface area contributed by atoms with E-state index in [1.165, 1.54) is 24.3 Å². The first-order valence-corrected chi connectivity index (χ1v) is 10.8. The van der Waals surface area contributed by atoms with Crippen molar-refractivity contribution in [3.63, 3.8) is 0 Å². The molecule has 2 rings (SSSR count). The van der Waals surface area contributed by atoms with Crippen LogP contribution in [0.3, 0.4) is 0 Å². The average molecular weight is 469 g/mol. The van der Waals surface area contributed by atoms with Crippen molar-refractivity contribution in [2.75, 3.05) is 19.8 Å². The number of hydrogen-bond donors (Lipinski definition) is 2. The minimum Gasteiger partial charge on any atom is -0.494 e. The Morgan fingerprint density at radius 2 is 1.82 bits per heavy atom. The van der Waals surface area contributed by atoms with E-state index in [2.05, 4.69) is 17.6 Å². The van der Waals surface area contributed by atoms with Crippen molar-refractivity contribution in [1.29, 1.82) is 0 Å². The number of nitro benzene ring substituents is 1. The highest BCUT2D eigenvalue weighted by Crippen LogP contribution is 2.16. The maximum atomic E-state index is 12.8. The number of rotatable bonds is 12. The molecule has 0 atom stereocenters. The van der Waals surface area contributed by atoms with Gasteiger partial charge in [-0.2, -0.15) is 0 Å². The Morgan fingerprint density at radius 1 is 1.09 bits per heavy atom. The Bertz CT molecular complexity index is 1050. The number of benzene rings is 2. The van der Waals surface area contributed by atoms with E-state index in [-0.39, 0.29) is 23.6 Å². The maximum absolute atomic E-state index is 12.8. The topological polar surface area (TPSA) is 137 Å². The van der Waals surface area contributed by atoms with Gasteiger partial charge in [-0.3, -0.25) is 24.5 Å². The number of non-ortho nitro benzene ring substituents is 1. The Hall–Kier alpha value is -4.21. The summed E-state index contributed by atoms with van der Waals surface area (Å²) in [6, 6.07) is 12.0. The van der Waals surface area contributed by atoms with Gasteiger partial charge in [-0.1, -0.05) is 25.5 Å². The van der Waals surface area contributed by atoms with Gasteiger partial charge in [0.25, 0.3) is 17.5 Å². The van der Waals surface area contributed by atoms with Crippen LogP contribution in [0.2, 0.25) is 0 Å². The van der Waals surface area contributed by atoms with Crippen LogP contribution in [0.25, 0.3) is 6.08 Å². The summed E-state index contributed by atoms with van der Waals surface area (Å²) in [6.45, 7) is 4.00. The van der Waals surface area contributed by atoms with Gasteiger partial charge < -0.3 is 20.1 Å². The molecule has 0 unspecified atom stereocenters. The summed E-state index contributed by atoms with van der Waals surface area (Å²) in [6.07, 6.45) is 3.20. The monoisotopic (exact) mass is 469 g/mol. The molecule has 0 saturated carbocycles. The molecular formula is C24H27N3O7. The summed E-state index contributed by atoms with van der Waals surface area (Å²) in [4.78, 5) is 47.5. The van der Waals surface area contributed by atoms with E-state index >= 15 is 0 Å². The molecule has 10 heteroatoms. The standard InChI is InChI=1S/C24H27N3O7/c1-3-5-13-34-20-11-9-18(10-12-20)23(29)26-21(24(30)25-16-22(28)33-4-2)15-17-7-6-8-19(14-17)27(31)32/h6-12,14-15H,3-5,13,16H2,1-2H3,(H,25,30)(H,26,29). The lowest BCUT2D eigenvalue weighted by molar-refractivity contribution is -0.384. The van der Waals surface area contributed by atoms with Crippen LogP contribution >= 0.6 is 0 Å². The van der Waals surface area contributed by atoms with Crippen molar-refractivity contribution in [3.05, 3.63) is 75.5 Å². The van der Waals surface area contributed by atoms with E-state index in [4.69, 9.17) is 9.47 Å². The first kappa shape index (κ1) is 26.0. The highest BCUT2D eigenvalue weighted by atomic mass is 16.6. The van der Waals surface area contributed by atoms with E-state index in [1.54, 1.807) is 37.3 Å². The summed E-state index contributed by atoms with van der Waals surface area (Å²) < 4.78 is 10.4. The molecule has 0 aliphatic rings. The van der Waals surface area contributed by atoms with Crippen molar-refractivity contribution in [3.8, 4) is 5.75 Å². The van der Waals surface area contributed by atoms with Gasteiger partial charge >= 0.3 is 5.97 Å². The predicted molar refractivity (Wildman–Crippen MR) is 125 cm³/mol. The fourth-order valence-electron chi connectivity index (χ4n) is 2.74. The number of nitro groups is 1. The molecule has 10 nitrogen and oxygen atoms in total. The summed E-state index contributed by atoms with van der Waals surface area (Å²) in [5, 5.41) is 15.9. The van der Waals surface area contributed by atoms with Crippen LogP contribution < -0.4 is 15.4 Å². The molecule has 0 radical (unpaired) electrons. The zero-order valence-electron chi connectivity index (χ0n) is 19.0. The highest BCUT2D eigenvalue weighted by molar-refractivity contribution is 6.05. The van der Waals surface area contributed by atoms with Crippen molar-refractivity contribution in [2.24, 2.45) is 0 Å². The third-order valence-corrected chi connectivity index (χ3v) is 4.47. The number of nitrogens with zero attached hydrogens (tertiary/aromatic N) is 1. The van der Waals surface area contributed by atoms with Crippen LogP contribution in [0.5, 0.6) is 5.75 Å². The van der Waals surface area contributed by atoms with E-state index in [9.17, 15) is 24.5 Å². The first-order valence-electron chi connectivity index (χ1n) is 10.8. The van der Waals surface area contributed by atoms with Crippen molar-refractivity contribution < 1.29 is 28.8 Å². The fraction of sp³-hybridized carbons (Fsp3) is 0.292. The normalized spacial score (nSPS) is 10.8. The van der Waals surface area contributed by atoms with Gasteiger partial charge in [0.2, 0.25) is 0 Å². The van der Waals surface area contributed by atoms with Crippen LogP contribution in [0, 0.1) is 10.1 Å². The van der Waals surface area contributed by atoms with Gasteiger partial charge in [-0.15, -0.1) is 0 Å². The number of ether oxygens (including phenoxy) is 2. The number of carbonyl (C=O) groups excluding carboxylic acids is 3. The number of hydrogen-bond acceptors (Lipinski definition) is 7. The van der Waals surface area contributed by atoms with Gasteiger partial charge in [0.05, 0.1) is 18.1 Å². The van der Waals surface area contributed by atoms with Gasteiger partial charge in [0, 0.05) is 17.7 Å². The molecule has 0 saturated heterocycles. The molecule has 0 aromatic heterocycles. The molecular weight excluding hydrogens is 442 g/mol. The summed E-state index contributed by atoms with van der Waals surface area (Å²) in [5.41, 5.74) is 0.213. The second kappa shape index (κ2) is 13.4. The molecule has 2 aromatic carbocycles. The van der Waals surface area contributed by atoms with E-state index in [1.807, 2.05) is 0 Å². The highest BCUT2D eigenvalue weighted by Gasteiger charge is 2.17. The van der Waals surface area contributed by atoms with E-state index in [0.29, 0.717) is 17.9 Å². The van der Waals surface area contributed by atoms with Crippen LogP contribution in [0.4, 0.5) is 5.69 Å². The molecule has 0 heterocycles. The maximum Gasteiger partial charge on any atom is 0.325 e. The van der Waals surface area contributed by atoms with Crippen LogP contribution in [-0.2, 0) is 14.3 Å². The molecule has 0 spiro atoms. The first-order chi connectivity index (χ1) is 16.3. The molecule has 0 bridgehead atoms. The largest absolute Gasteiger partial charge is 0.494 e. The molecule has 180 valence electrons. The number of unbranched alkanes of at least 4 members (excludes halogenated alkanes) is 1. The lowest BCUT2D eigenvalue weighted by Crippen LogP contribution is -2.37. The molecule has 0 fully saturated rings. The Labute approximate surface area is 197 Å². The minimum absolute atomic E-state index is 0.153. The van der Waals surface area contributed by atoms with E-state index < -0.39 is 29.3 Å². The van der Waals surface area contributed by atoms with Crippen LogP contribution in [0.1, 0.15) is 42.6 Å². The van der Waals surface area contributed by atoms with Crippen molar-refractivity contribution >= 4 is 29.5 Å². The third-order valence-electron chi connectivity index (χ3n) is 4.47. The second-order valence-corrected chi connectivity index (χ2v) is 7.08. The number of nitrogens with one attached hydrogen (secondary N) is 2. The Balaban J connectivity index is 2.22. The number of carbonyl (C=O) groups is 3. The molecule has 0 aliphatic heterocycles. The van der Waals surface area contributed by atoms with E-state index in [0.717, 1.165) is 12.8 Å². The zero-order valence-corrected chi connectivity index (χ0v) is 19.0. The van der Waals surface area contributed by atoms with Crippen LogP contribution in [0.15, 0.2) is 54.2 Å². The molecule has 2 amide bonds. The molecule has 0 aliphatic carbocycles. The summed E-state index contributed by atoms with van der Waals surface area (Å²) in [5.74, 6) is -1.37. The van der Waals surface area contributed by atoms with Crippen LogP contribution in [-0.4, -0.2) is 42.5 Å².